The van der Waals surface area contributed by atoms with Gasteiger partial charge in [-0.25, -0.2) is 0 Å². The number of methoxy groups -OCH3 is 3. The fourth-order valence-corrected chi connectivity index (χ4v) is 4.06. The first kappa shape index (κ1) is 20.6. The molecule has 0 spiro atoms. The third-order valence-corrected chi connectivity index (χ3v) is 5.47. The molecule has 0 radical (unpaired) electrons. The highest BCUT2D eigenvalue weighted by Crippen LogP contribution is 2.28. The molecule has 1 heterocycles. The van der Waals surface area contributed by atoms with Crippen LogP contribution in [0.1, 0.15) is 22.3 Å². The lowest BCUT2D eigenvalue weighted by Gasteiger charge is -2.08. The van der Waals surface area contributed by atoms with Crippen LogP contribution in [0.4, 0.5) is 0 Å². The van der Waals surface area contributed by atoms with E-state index in [1.165, 1.54) is 32.7 Å². The fraction of sp³-hybridized carbons (Fsp3) is 0.286. The van der Waals surface area contributed by atoms with Gasteiger partial charge in [-0.2, -0.15) is 4.99 Å². The number of fused-ring (bicyclic) bond motifs is 1. The van der Waals surface area contributed by atoms with Gasteiger partial charge in [-0.3, -0.25) is 9.59 Å². The zero-order valence-electron chi connectivity index (χ0n) is 16.7. The topological polar surface area (TPSA) is 79.1 Å². The van der Waals surface area contributed by atoms with Crippen molar-refractivity contribution in [1.82, 2.24) is 4.57 Å². The number of hydrogen-bond donors (Lipinski definition) is 0. The second kappa shape index (κ2) is 8.91. The molecule has 0 atom stereocenters. The lowest BCUT2D eigenvalue weighted by molar-refractivity contribution is -0.140. The summed E-state index contributed by atoms with van der Waals surface area (Å²) in [6, 6.07) is 10.9. The van der Waals surface area contributed by atoms with Crippen molar-refractivity contribution in [3.63, 3.8) is 0 Å². The van der Waals surface area contributed by atoms with Crippen LogP contribution in [-0.4, -0.2) is 37.8 Å². The Labute approximate surface area is 172 Å². The van der Waals surface area contributed by atoms with Gasteiger partial charge in [0.05, 0.1) is 38.0 Å². The summed E-state index contributed by atoms with van der Waals surface area (Å²) in [5, 5.41) is 0. The first-order valence-corrected chi connectivity index (χ1v) is 9.76. The zero-order valence-corrected chi connectivity index (χ0v) is 17.5. The molecule has 7 nitrogen and oxygen atoms in total. The van der Waals surface area contributed by atoms with E-state index >= 15 is 0 Å². The van der Waals surface area contributed by atoms with E-state index in [1.54, 1.807) is 18.2 Å². The number of esters is 1. The smallest absolute Gasteiger partial charge is 0.307 e. The summed E-state index contributed by atoms with van der Waals surface area (Å²) in [5.41, 5.74) is 2.41. The number of aromatic nitrogens is 1. The highest BCUT2D eigenvalue weighted by atomic mass is 32.1. The Morgan fingerprint density at radius 1 is 1.03 bits per heavy atom. The van der Waals surface area contributed by atoms with Crippen molar-refractivity contribution in [2.24, 2.45) is 4.99 Å². The third-order valence-electron chi connectivity index (χ3n) is 4.43. The second-order valence-electron chi connectivity index (χ2n) is 6.32. The fourth-order valence-electron chi connectivity index (χ4n) is 2.91. The monoisotopic (exact) mass is 414 g/mol. The van der Waals surface area contributed by atoms with E-state index in [9.17, 15) is 9.59 Å². The van der Waals surface area contributed by atoms with Crippen LogP contribution in [0.15, 0.2) is 41.4 Å². The van der Waals surface area contributed by atoms with Gasteiger partial charge in [0.15, 0.2) is 16.3 Å². The molecule has 1 amide bonds. The quantitative estimate of drug-likeness (QED) is 0.578. The largest absolute Gasteiger partial charge is 0.493 e. The van der Waals surface area contributed by atoms with Crippen molar-refractivity contribution in [1.29, 1.82) is 0 Å². The Kier molecular flexibility index (Phi) is 6.33. The van der Waals surface area contributed by atoms with E-state index in [4.69, 9.17) is 14.2 Å². The highest BCUT2D eigenvalue weighted by Gasteiger charge is 2.13. The van der Waals surface area contributed by atoms with Crippen molar-refractivity contribution in [3.8, 4) is 11.5 Å². The van der Waals surface area contributed by atoms with Crippen LogP contribution in [0.5, 0.6) is 11.5 Å². The van der Waals surface area contributed by atoms with Crippen molar-refractivity contribution in [3.05, 3.63) is 52.3 Å². The van der Waals surface area contributed by atoms with Gasteiger partial charge in [0.2, 0.25) is 0 Å². The number of rotatable bonds is 6. The summed E-state index contributed by atoms with van der Waals surface area (Å²) >= 11 is 1.41. The van der Waals surface area contributed by atoms with Gasteiger partial charge in [0.25, 0.3) is 5.91 Å². The number of benzene rings is 2. The molecule has 0 saturated carbocycles. The van der Waals surface area contributed by atoms with Gasteiger partial charge >= 0.3 is 5.97 Å². The van der Waals surface area contributed by atoms with Gasteiger partial charge in [-0.15, -0.1) is 0 Å². The Balaban J connectivity index is 2.06. The molecule has 0 aliphatic carbocycles. The lowest BCUT2D eigenvalue weighted by Crippen LogP contribution is -2.19. The Bertz CT molecular complexity index is 1130. The van der Waals surface area contributed by atoms with Crippen molar-refractivity contribution in [2.45, 2.75) is 19.9 Å². The van der Waals surface area contributed by atoms with Crippen LogP contribution in [0.2, 0.25) is 0 Å². The van der Waals surface area contributed by atoms with Crippen molar-refractivity contribution >= 4 is 33.4 Å². The third kappa shape index (κ3) is 4.48. The van der Waals surface area contributed by atoms with Crippen LogP contribution in [-0.2, 0) is 16.1 Å². The summed E-state index contributed by atoms with van der Waals surface area (Å²) in [4.78, 5) is 29.3. The van der Waals surface area contributed by atoms with Gasteiger partial charge in [-0.05, 0) is 42.8 Å². The van der Waals surface area contributed by atoms with Crippen molar-refractivity contribution < 1.29 is 23.8 Å². The Morgan fingerprint density at radius 3 is 2.48 bits per heavy atom. The molecule has 0 N–H and O–H groups in total. The maximum Gasteiger partial charge on any atom is 0.307 e. The molecule has 0 saturated heterocycles. The van der Waals surface area contributed by atoms with Crippen molar-refractivity contribution in [2.75, 3.05) is 21.3 Å². The number of carbonyl (C=O) groups excluding carboxylic acids is 2. The molecule has 1 aromatic heterocycles. The van der Waals surface area contributed by atoms with Crippen LogP contribution >= 0.6 is 11.3 Å². The van der Waals surface area contributed by atoms with Gasteiger partial charge < -0.3 is 18.8 Å². The molecule has 0 aliphatic heterocycles. The number of nitrogens with zero attached hydrogens (tertiary/aromatic N) is 2. The standard InChI is InChI=1S/C21H22N2O5S/c1-13-5-7-15-18(11-13)29-21(23(15)10-9-19(24)28-4)22-20(25)14-6-8-16(26-2)17(12-14)27-3/h5-8,11-12H,9-10H2,1-4H3. The maximum absolute atomic E-state index is 12.8. The van der Waals surface area contributed by atoms with Crippen LogP contribution < -0.4 is 14.3 Å². The van der Waals surface area contributed by atoms with Crippen LogP contribution in [0.25, 0.3) is 10.2 Å². The molecule has 0 bridgehead atoms. The number of amides is 1. The minimum Gasteiger partial charge on any atom is -0.493 e. The molecule has 0 fully saturated rings. The maximum atomic E-state index is 12.8. The number of hydrogen-bond acceptors (Lipinski definition) is 6. The van der Waals surface area contributed by atoms with E-state index in [0.717, 1.165) is 15.8 Å². The number of thiazole rings is 1. The van der Waals surface area contributed by atoms with E-state index in [2.05, 4.69) is 4.99 Å². The second-order valence-corrected chi connectivity index (χ2v) is 7.33. The SMILES string of the molecule is COC(=O)CCn1c(=NC(=O)c2ccc(OC)c(OC)c2)sc2cc(C)ccc21. The van der Waals surface area contributed by atoms with Gasteiger partial charge in [-0.1, -0.05) is 17.4 Å². The van der Waals surface area contributed by atoms with Crippen LogP contribution in [0.3, 0.4) is 0 Å². The molecule has 0 aliphatic rings. The van der Waals surface area contributed by atoms with Crippen LogP contribution in [0, 0.1) is 6.92 Å². The normalized spacial score (nSPS) is 11.5. The average molecular weight is 414 g/mol. The molecule has 3 aromatic rings. The molecule has 0 unspecified atom stereocenters. The Morgan fingerprint density at radius 2 is 1.79 bits per heavy atom. The first-order chi connectivity index (χ1) is 14.0. The molecule has 8 heteroatoms. The summed E-state index contributed by atoms with van der Waals surface area (Å²) < 4.78 is 18.1. The number of carbonyl (C=O) groups is 2. The molecule has 3 rings (SSSR count). The Hall–Kier alpha value is -3.13. The predicted octanol–water partition coefficient (Wildman–Crippen LogP) is 3.33. The summed E-state index contributed by atoms with van der Waals surface area (Å²) in [6.07, 6.45) is 0.188. The molecular formula is C21H22N2O5S. The first-order valence-electron chi connectivity index (χ1n) is 8.94. The minimum absolute atomic E-state index is 0.188. The van der Waals surface area contributed by atoms with Gasteiger partial charge in [0.1, 0.15) is 0 Å². The van der Waals surface area contributed by atoms with E-state index in [1.807, 2.05) is 29.7 Å². The summed E-state index contributed by atoms with van der Waals surface area (Å²) in [6.45, 7) is 2.37. The molecule has 29 heavy (non-hydrogen) atoms. The van der Waals surface area contributed by atoms with Gasteiger partial charge in [0, 0.05) is 12.1 Å². The molecular weight excluding hydrogens is 392 g/mol. The minimum atomic E-state index is -0.402. The average Bonchev–Trinajstić information content (AvgIpc) is 3.06. The number of aryl methyl sites for hydroxylation is 2. The number of ether oxygens (including phenoxy) is 3. The zero-order chi connectivity index (χ0) is 21.0. The lowest BCUT2D eigenvalue weighted by atomic mass is 10.2. The van der Waals surface area contributed by atoms with E-state index < -0.39 is 5.91 Å². The van der Waals surface area contributed by atoms with E-state index in [0.29, 0.717) is 28.4 Å². The predicted molar refractivity (Wildman–Crippen MR) is 111 cm³/mol. The highest BCUT2D eigenvalue weighted by molar-refractivity contribution is 7.16. The van der Waals surface area contributed by atoms with E-state index in [-0.39, 0.29) is 12.4 Å². The molecule has 2 aromatic carbocycles. The summed E-state index contributed by atoms with van der Waals surface area (Å²) in [7, 11) is 4.40. The molecule has 152 valence electrons. The summed E-state index contributed by atoms with van der Waals surface area (Å²) in [5.74, 6) is 0.274.